The third-order valence-electron chi connectivity index (χ3n) is 4.15. The SMILES string of the molecule is O=C(Nc1nc(C(=O)Nc2ccc(Oc3ccccc3)cc2)cs1)c1ccc(Cl)cc1. The van der Waals surface area contributed by atoms with Gasteiger partial charge in [0.15, 0.2) is 5.13 Å². The van der Waals surface area contributed by atoms with Gasteiger partial charge in [0.1, 0.15) is 17.2 Å². The number of hydrogen-bond acceptors (Lipinski definition) is 5. The Bertz CT molecular complexity index is 1190. The highest BCUT2D eigenvalue weighted by atomic mass is 35.5. The van der Waals surface area contributed by atoms with E-state index in [0.29, 0.717) is 27.2 Å². The molecular weight excluding hydrogens is 434 g/mol. The van der Waals surface area contributed by atoms with Crippen LogP contribution in [-0.4, -0.2) is 16.8 Å². The molecule has 0 spiro atoms. The number of halogens is 1. The Balaban J connectivity index is 1.35. The highest BCUT2D eigenvalue weighted by Crippen LogP contribution is 2.23. The van der Waals surface area contributed by atoms with Crippen LogP contribution in [-0.2, 0) is 0 Å². The third-order valence-corrected chi connectivity index (χ3v) is 5.16. The molecule has 1 aromatic heterocycles. The van der Waals surface area contributed by atoms with E-state index < -0.39 is 0 Å². The van der Waals surface area contributed by atoms with Crippen molar-refractivity contribution in [3.63, 3.8) is 0 Å². The summed E-state index contributed by atoms with van der Waals surface area (Å²) in [6.07, 6.45) is 0. The number of anilines is 2. The van der Waals surface area contributed by atoms with Gasteiger partial charge in [-0.3, -0.25) is 14.9 Å². The van der Waals surface area contributed by atoms with Gasteiger partial charge in [-0.1, -0.05) is 29.8 Å². The first-order chi connectivity index (χ1) is 15.1. The van der Waals surface area contributed by atoms with Gasteiger partial charge < -0.3 is 10.1 Å². The van der Waals surface area contributed by atoms with E-state index in [1.54, 1.807) is 53.9 Å². The topological polar surface area (TPSA) is 80.3 Å². The molecule has 0 saturated heterocycles. The Labute approximate surface area is 187 Å². The first-order valence-corrected chi connectivity index (χ1v) is 10.5. The van der Waals surface area contributed by atoms with Crippen LogP contribution in [0, 0.1) is 0 Å². The minimum Gasteiger partial charge on any atom is -0.457 e. The summed E-state index contributed by atoms with van der Waals surface area (Å²) >= 11 is 7.00. The number of carbonyl (C=O) groups is 2. The summed E-state index contributed by atoms with van der Waals surface area (Å²) in [7, 11) is 0. The molecule has 2 N–H and O–H groups in total. The van der Waals surface area contributed by atoms with Gasteiger partial charge in [0, 0.05) is 21.7 Å². The number of benzene rings is 3. The van der Waals surface area contributed by atoms with Crippen molar-refractivity contribution in [1.29, 1.82) is 0 Å². The monoisotopic (exact) mass is 449 g/mol. The van der Waals surface area contributed by atoms with Gasteiger partial charge in [0.05, 0.1) is 0 Å². The Morgan fingerprint density at radius 1 is 0.806 bits per heavy atom. The highest BCUT2D eigenvalue weighted by Gasteiger charge is 2.14. The Hall–Kier alpha value is -3.68. The molecule has 6 nitrogen and oxygen atoms in total. The van der Waals surface area contributed by atoms with Gasteiger partial charge in [-0.25, -0.2) is 4.98 Å². The molecule has 0 aliphatic heterocycles. The summed E-state index contributed by atoms with van der Waals surface area (Å²) in [5.41, 5.74) is 1.26. The minimum absolute atomic E-state index is 0.209. The first-order valence-electron chi connectivity index (χ1n) is 9.23. The zero-order valence-corrected chi connectivity index (χ0v) is 17.6. The molecule has 1 heterocycles. The van der Waals surface area contributed by atoms with Crippen molar-refractivity contribution in [2.24, 2.45) is 0 Å². The molecule has 154 valence electrons. The number of para-hydroxylation sites is 1. The third kappa shape index (κ3) is 5.48. The Morgan fingerprint density at radius 2 is 1.48 bits per heavy atom. The lowest BCUT2D eigenvalue weighted by molar-refractivity contribution is 0.101. The lowest BCUT2D eigenvalue weighted by Gasteiger charge is -2.07. The predicted octanol–water partition coefficient (Wildman–Crippen LogP) is 6.09. The van der Waals surface area contributed by atoms with E-state index in [9.17, 15) is 9.59 Å². The minimum atomic E-state index is -0.375. The largest absolute Gasteiger partial charge is 0.457 e. The molecule has 4 aromatic rings. The maximum absolute atomic E-state index is 12.5. The summed E-state index contributed by atoms with van der Waals surface area (Å²) in [6.45, 7) is 0. The molecule has 31 heavy (non-hydrogen) atoms. The molecule has 0 unspecified atom stereocenters. The fourth-order valence-corrected chi connectivity index (χ4v) is 3.44. The van der Waals surface area contributed by atoms with Crippen LogP contribution in [0.5, 0.6) is 11.5 Å². The lowest BCUT2D eigenvalue weighted by atomic mass is 10.2. The molecule has 8 heteroatoms. The van der Waals surface area contributed by atoms with Crippen molar-refractivity contribution in [2.45, 2.75) is 0 Å². The first kappa shape index (κ1) is 20.6. The number of rotatable bonds is 6. The molecule has 4 rings (SSSR count). The van der Waals surface area contributed by atoms with Crippen molar-refractivity contribution in [3.05, 3.63) is 101 Å². The van der Waals surface area contributed by atoms with Crippen LogP contribution in [0.2, 0.25) is 5.02 Å². The van der Waals surface area contributed by atoms with Gasteiger partial charge >= 0.3 is 0 Å². The van der Waals surface area contributed by atoms with Crippen LogP contribution in [0.15, 0.2) is 84.2 Å². The zero-order chi connectivity index (χ0) is 21.6. The molecule has 0 aliphatic rings. The molecule has 0 saturated carbocycles. The van der Waals surface area contributed by atoms with E-state index in [2.05, 4.69) is 15.6 Å². The van der Waals surface area contributed by atoms with Gasteiger partial charge in [0.25, 0.3) is 11.8 Å². The number of ether oxygens (including phenoxy) is 1. The summed E-state index contributed by atoms with van der Waals surface area (Å²) in [4.78, 5) is 28.9. The van der Waals surface area contributed by atoms with Crippen LogP contribution in [0.3, 0.4) is 0 Å². The fourth-order valence-electron chi connectivity index (χ4n) is 2.63. The second-order valence-electron chi connectivity index (χ2n) is 6.39. The van der Waals surface area contributed by atoms with Crippen molar-refractivity contribution in [3.8, 4) is 11.5 Å². The van der Waals surface area contributed by atoms with Crippen molar-refractivity contribution in [2.75, 3.05) is 10.6 Å². The molecular formula is C23H16ClN3O3S. The number of thiazole rings is 1. The average molecular weight is 450 g/mol. The second-order valence-corrected chi connectivity index (χ2v) is 7.69. The summed E-state index contributed by atoms with van der Waals surface area (Å²) < 4.78 is 5.74. The van der Waals surface area contributed by atoms with E-state index in [-0.39, 0.29) is 17.5 Å². The molecule has 0 atom stereocenters. The van der Waals surface area contributed by atoms with Crippen LogP contribution >= 0.6 is 22.9 Å². The highest BCUT2D eigenvalue weighted by molar-refractivity contribution is 7.14. The summed E-state index contributed by atoms with van der Waals surface area (Å²) in [5, 5.41) is 7.91. The smallest absolute Gasteiger partial charge is 0.275 e. The molecule has 0 bridgehead atoms. The normalized spacial score (nSPS) is 10.4. The molecule has 0 radical (unpaired) electrons. The molecule has 0 fully saturated rings. The van der Waals surface area contributed by atoms with E-state index in [1.807, 2.05) is 30.3 Å². The van der Waals surface area contributed by atoms with Crippen LogP contribution in [0.1, 0.15) is 20.8 Å². The number of nitrogens with zero attached hydrogens (tertiary/aromatic N) is 1. The maximum Gasteiger partial charge on any atom is 0.275 e. The molecule has 2 amide bonds. The van der Waals surface area contributed by atoms with E-state index in [4.69, 9.17) is 16.3 Å². The second kappa shape index (κ2) is 9.42. The van der Waals surface area contributed by atoms with Crippen molar-refractivity contribution >= 4 is 45.6 Å². The summed E-state index contributed by atoms with van der Waals surface area (Å²) in [5.74, 6) is 0.687. The number of aromatic nitrogens is 1. The number of carbonyl (C=O) groups excluding carboxylic acids is 2. The average Bonchev–Trinajstić information content (AvgIpc) is 3.25. The standard InChI is InChI=1S/C23H16ClN3O3S/c24-16-8-6-15(7-9-16)21(28)27-23-26-20(14-31-23)22(29)25-17-10-12-19(13-11-17)30-18-4-2-1-3-5-18/h1-14H,(H,25,29)(H,26,27,28). The molecule has 0 aliphatic carbocycles. The van der Waals surface area contributed by atoms with Gasteiger partial charge in [-0.15, -0.1) is 11.3 Å². The predicted molar refractivity (Wildman–Crippen MR) is 122 cm³/mol. The van der Waals surface area contributed by atoms with E-state index in [1.165, 1.54) is 11.3 Å². The van der Waals surface area contributed by atoms with E-state index >= 15 is 0 Å². The number of nitrogens with one attached hydrogen (secondary N) is 2. The Morgan fingerprint density at radius 3 is 2.19 bits per heavy atom. The van der Waals surface area contributed by atoms with Crippen molar-refractivity contribution < 1.29 is 14.3 Å². The number of hydrogen-bond donors (Lipinski definition) is 2. The number of amides is 2. The lowest BCUT2D eigenvalue weighted by Crippen LogP contribution is -2.14. The van der Waals surface area contributed by atoms with Gasteiger partial charge in [0.2, 0.25) is 0 Å². The van der Waals surface area contributed by atoms with Crippen LogP contribution < -0.4 is 15.4 Å². The quantitative estimate of drug-likeness (QED) is 0.373. The zero-order valence-electron chi connectivity index (χ0n) is 16.0. The summed E-state index contributed by atoms with van der Waals surface area (Å²) in [6, 6.07) is 22.9. The van der Waals surface area contributed by atoms with Crippen molar-refractivity contribution in [1.82, 2.24) is 4.98 Å². The Kier molecular flexibility index (Phi) is 6.26. The van der Waals surface area contributed by atoms with Gasteiger partial charge in [-0.2, -0.15) is 0 Å². The maximum atomic E-state index is 12.5. The fraction of sp³-hybridized carbons (Fsp3) is 0. The molecule has 3 aromatic carbocycles. The van der Waals surface area contributed by atoms with Crippen LogP contribution in [0.25, 0.3) is 0 Å². The van der Waals surface area contributed by atoms with Crippen LogP contribution in [0.4, 0.5) is 10.8 Å². The van der Waals surface area contributed by atoms with E-state index in [0.717, 1.165) is 5.75 Å². The van der Waals surface area contributed by atoms with Gasteiger partial charge in [-0.05, 0) is 60.7 Å².